The number of imidazole rings is 1. The van der Waals surface area contributed by atoms with Crippen molar-refractivity contribution in [2.75, 3.05) is 20.3 Å². The molecule has 22 heavy (non-hydrogen) atoms. The van der Waals surface area contributed by atoms with Crippen LogP contribution in [-0.4, -0.2) is 39.9 Å². The quantitative estimate of drug-likeness (QED) is 0.820. The molecule has 0 saturated carbocycles. The first kappa shape index (κ1) is 15.2. The third-order valence-electron chi connectivity index (χ3n) is 4.47. The maximum absolute atomic E-state index is 5.35. The third kappa shape index (κ3) is 2.94. The van der Waals surface area contributed by atoms with Crippen molar-refractivity contribution in [3.63, 3.8) is 0 Å². The van der Waals surface area contributed by atoms with Crippen LogP contribution in [0.15, 0.2) is 16.9 Å². The first-order valence-electron chi connectivity index (χ1n) is 7.86. The predicted molar refractivity (Wildman–Crippen MR) is 82.5 cm³/mol. The lowest BCUT2D eigenvalue weighted by molar-refractivity contribution is 0.182. The second-order valence-corrected chi connectivity index (χ2v) is 5.90. The van der Waals surface area contributed by atoms with Crippen LogP contribution in [0.25, 0.3) is 0 Å². The van der Waals surface area contributed by atoms with Gasteiger partial charge in [0.1, 0.15) is 11.6 Å². The van der Waals surface area contributed by atoms with Gasteiger partial charge in [0, 0.05) is 37.7 Å². The van der Waals surface area contributed by atoms with Gasteiger partial charge in [0.05, 0.1) is 18.8 Å². The van der Waals surface area contributed by atoms with Crippen LogP contribution in [0.4, 0.5) is 0 Å². The van der Waals surface area contributed by atoms with Crippen LogP contribution in [0.3, 0.4) is 0 Å². The second kappa shape index (κ2) is 6.62. The molecule has 2 aromatic heterocycles. The Kier molecular flexibility index (Phi) is 4.59. The molecular weight excluding hydrogens is 280 g/mol. The van der Waals surface area contributed by atoms with Crippen molar-refractivity contribution < 1.29 is 9.26 Å². The summed E-state index contributed by atoms with van der Waals surface area (Å²) in [6, 6.07) is 0.388. The highest BCUT2D eigenvalue weighted by Crippen LogP contribution is 2.36. The number of aromatic nitrogens is 3. The minimum atomic E-state index is 0.388. The van der Waals surface area contributed by atoms with Gasteiger partial charge in [-0.2, -0.15) is 0 Å². The van der Waals surface area contributed by atoms with Crippen LogP contribution >= 0.6 is 0 Å². The number of nitrogens with zero attached hydrogens (tertiary/aromatic N) is 4. The van der Waals surface area contributed by atoms with E-state index >= 15 is 0 Å². The Hall–Kier alpha value is -1.66. The second-order valence-electron chi connectivity index (χ2n) is 5.90. The number of aryl methyl sites for hydroxylation is 2. The lowest BCUT2D eigenvalue weighted by atomic mass is 10.0. The molecule has 0 bridgehead atoms. The van der Waals surface area contributed by atoms with Crippen molar-refractivity contribution >= 4 is 0 Å². The summed E-state index contributed by atoms with van der Waals surface area (Å²) in [4.78, 5) is 7.00. The summed E-state index contributed by atoms with van der Waals surface area (Å²) in [6.45, 7) is 7.52. The fourth-order valence-electron chi connectivity index (χ4n) is 3.37. The summed E-state index contributed by atoms with van der Waals surface area (Å²) in [5.41, 5.74) is 2.27. The Bertz CT molecular complexity index is 600. The molecule has 0 aromatic carbocycles. The lowest BCUT2D eigenvalue weighted by Crippen LogP contribution is -2.25. The van der Waals surface area contributed by atoms with Gasteiger partial charge in [0.2, 0.25) is 0 Å². The number of hydrogen-bond acceptors (Lipinski definition) is 5. The number of hydrogen-bond donors (Lipinski definition) is 0. The maximum atomic E-state index is 5.35. The number of ether oxygens (including phenoxy) is 1. The molecule has 120 valence electrons. The van der Waals surface area contributed by atoms with Crippen molar-refractivity contribution in [3.8, 4) is 0 Å². The molecule has 1 saturated heterocycles. The van der Waals surface area contributed by atoms with E-state index in [0.717, 1.165) is 43.3 Å². The maximum Gasteiger partial charge on any atom is 0.138 e. The van der Waals surface area contributed by atoms with Gasteiger partial charge in [-0.15, -0.1) is 0 Å². The summed E-state index contributed by atoms with van der Waals surface area (Å²) < 4.78 is 12.7. The molecule has 2 aromatic rings. The molecule has 1 aliphatic heterocycles. The SMILES string of the molecule is COCCn1ccnc1CN1CCC[C@H]1c1c(C)noc1C. The molecule has 0 N–H and O–H groups in total. The third-order valence-corrected chi connectivity index (χ3v) is 4.47. The zero-order chi connectivity index (χ0) is 15.5. The highest BCUT2D eigenvalue weighted by Gasteiger charge is 2.31. The van der Waals surface area contributed by atoms with E-state index in [1.165, 1.54) is 12.0 Å². The number of likely N-dealkylation sites (tertiary alicyclic amines) is 1. The first-order valence-corrected chi connectivity index (χ1v) is 7.86. The zero-order valence-corrected chi connectivity index (χ0v) is 13.6. The van der Waals surface area contributed by atoms with Gasteiger partial charge >= 0.3 is 0 Å². The van der Waals surface area contributed by atoms with Crippen LogP contribution in [0.1, 0.15) is 41.7 Å². The van der Waals surface area contributed by atoms with E-state index in [-0.39, 0.29) is 0 Å². The van der Waals surface area contributed by atoms with Crippen molar-refractivity contribution in [2.24, 2.45) is 0 Å². The van der Waals surface area contributed by atoms with Crippen molar-refractivity contribution in [1.29, 1.82) is 0 Å². The molecular formula is C16H24N4O2. The lowest BCUT2D eigenvalue weighted by Gasteiger charge is -2.24. The molecule has 6 nitrogen and oxygen atoms in total. The van der Waals surface area contributed by atoms with E-state index in [2.05, 4.69) is 19.6 Å². The molecule has 1 aliphatic rings. The van der Waals surface area contributed by atoms with Gasteiger partial charge in [-0.05, 0) is 33.2 Å². The van der Waals surface area contributed by atoms with Crippen LogP contribution < -0.4 is 0 Å². The smallest absolute Gasteiger partial charge is 0.138 e. The molecule has 0 spiro atoms. The number of methoxy groups -OCH3 is 1. The Labute approximate surface area is 131 Å². The Morgan fingerprint density at radius 2 is 2.27 bits per heavy atom. The normalized spacial score (nSPS) is 19.1. The molecule has 3 heterocycles. The van der Waals surface area contributed by atoms with Crippen LogP contribution in [0.2, 0.25) is 0 Å². The Morgan fingerprint density at radius 3 is 3.00 bits per heavy atom. The summed E-state index contributed by atoms with van der Waals surface area (Å²) >= 11 is 0. The predicted octanol–water partition coefficient (Wildman–Crippen LogP) is 2.47. The Balaban J connectivity index is 1.76. The number of rotatable bonds is 6. The largest absolute Gasteiger partial charge is 0.383 e. The van der Waals surface area contributed by atoms with E-state index < -0.39 is 0 Å². The van der Waals surface area contributed by atoms with Gasteiger partial charge in [0.25, 0.3) is 0 Å². The zero-order valence-electron chi connectivity index (χ0n) is 13.6. The van der Waals surface area contributed by atoms with E-state index in [9.17, 15) is 0 Å². The van der Waals surface area contributed by atoms with Gasteiger partial charge < -0.3 is 13.8 Å². The van der Waals surface area contributed by atoms with Crippen LogP contribution in [-0.2, 0) is 17.8 Å². The van der Waals surface area contributed by atoms with E-state index in [0.29, 0.717) is 12.6 Å². The molecule has 1 fully saturated rings. The monoisotopic (exact) mass is 304 g/mol. The van der Waals surface area contributed by atoms with Gasteiger partial charge in [-0.25, -0.2) is 4.98 Å². The molecule has 0 aliphatic carbocycles. The van der Waals surface area contributed by atoms with Gasteiger partial charge in [-0.1, -0.05) is 5.16 Å². The van der Waals surface area contributed by atoms with Gasteiger partial charge in [-0.3, -0.25) is 4.90 Å². The van der Waals surface area contributed by atoms with Crippen molar-refractivity contribution in [3.05, 3.63) is 35.2 Å². The van der Waals surface area contributed by atoms with Crippen LogP contribution in [0.5, 0.6) is 0 Å². The molecule has 0 unspecified atom stereocenters. The van der Waals surface area contributed by atoms with Crippen molar-refractivity contribution in [2.45, 2.75) is 45.8 Å². The highest BCUT2D eigenvalue weighted by atomic mass is 16.5. The summed E-state index contributed by atoms with van der Waals surface area (Å²) in [6.07, 6.45) is 6.25. The average molecular weight is 304 g/mol. The summed E-state index contributed by atoms with van der Waals surface area (Å²) in [5, 5.41) is 4.11. The topological polar surface area (TPSA) is 56.3 Å². The minimum absolute atomic E-state index is 0.388. The summed E-state index contributed by atoms with van der Waals surface area (Å²) in [5.74, 6) is 2.04. The van der Waals surface area contributed by atoms with E-state index in [1.807, 2.05) is 26.2 Å². The minimum Gasteiger partial charge on any atom is -0.383 e. The van der Waals surface area contributed by atoms with Crippen molar-refractivity contribution in [1.82, 2.24) is 19.6 Å². The average Bonchev–Trinajstić information content (AvgIpc) is 3.20. The molecule has 6 heteroatoms. The standard InChI is InChI=1S/C16H24N4O2/c1-12-16(13(2)22-18-12)14-5-4-7-20(14)11-15-17-6-8-19(15)9-10-21-3/h6,8,14H,4-5,7,9-11H2,1-3H3/t14-/m0/s1. The molecule has 0 amide bonds. The van der Waals surface area contributed by atoms with Gasteiger partial charge in [0.15, 0.2) is 0 Å². The van der Waals surface area contributed by atoms with E-state index in [4.69, 9.17) is 9.26 Å². The highest BCUT2D eigenvalue weighted by molar-refractivity contribution is 5.26. The molecule has 3 rings (SSSR count). The fourth-order valence-corrected chi connectivity index (χ4v) is 3.37. The van der Waals surface area contributed by atoms with Crippen LogP contribution in [0, 0.1) is 13.8 Å². The Morgan fingerprint density at radius 1 is 1.41 bits per heavy atom. The molecule has 0 radical (unpaired) electrons. The van der Waals surface area contributed by atoms with E-state index in [1.54, 1.807) is 7.11 Å². The summed E-state index contributed by atoms with van der Waals surface area (Å²) in [7, 11) is 1.73. The molecule has 1 atom stereocenters. The fraction of sp³-hybridized carbons (Fsp3) is 0.625. The first-order chi connectivity index (χ1) is 10.7.